The largest absolute Gasteiger partial charge is 0.439 e. The quantitative estimate of drug-likeness (QED) is 0.564. The van der Waals surface area contributed by atoms with E-state index in [2.05, 4.69) is 6.07 Å². The van der Waals surface area contributed by atoms with Gasteiger partial charge in [-0.05, 0) is 47.4 Å². The fourth-order valence-corrected chi connectivity index (χ4v) is 6.43. The lowest BCUT2D eigenvalue weighted by atomic mass is 9.87. The van der Waals surface area contributed by atoms with Gasteiger partial charge in [-0.2, -0.15) is 5.26 Å². The lowest BCUT2D eigenvalue weighted by molar-refractivity contribution is 0.357. The Bertz CT molecular complexity index is 1520. The molecule has 2 aliphatic heterocycles. The number of allylic oxidation sites excluding steroid dienone is 2. The molecule has 3 aromatic rings. The summed E-state index contributed by atoms with van der Waals surface area (Å²) in [7, 11) is -4.17. The first kappa shape index (κ1) is 22.7. The van der Waals surface area contributed by atoms with Crippen LogP contribution in [-0.4, -0.2) is 8.42 Å². The minimum Gasteiger partial charge on any atom is -0.439 e. The number of anilines is 1. The Morgan fingerprint density at radius 2 is 1.69 bits per heavy atom. The van der Waals surface area contributed by atoms with Gasteiger partial charge < -0.3 is 10.5 Å². The molecule has 1 atom stereocenters. The van der Waals surface area contributed by atoms with Gasteiger partial charge in [0.25, 0.3) is 10.0 Å². The van der Waals surface area contributed by atoms with Gasteiger partial charge in [0.2, 0.25) is 5.88 Å². The second-order valence-corrected chi connectivity index (χ2v) is 10.2. The summed E-state index contributed by atoms with van der Waals surface area (Å²) in [5.41, 5.74) is 9.49. The standard InChI is InChI=1S/C27H22FN3O3S/c1-2-17-7-11-19(12-8-17)24-22(15-29)27(30)34-25-21-5-3-4-6-23(21)31(35(32,33)26(24)25)16-18-9-13-20(28)14-10-18/h3-14,24H,2,16,30H2,1H3. The van der Waals surface area contributed by atoms with Crippen molar-refractivity contribution in [3.05, 3.63) is 117 Å². The number of nitrogens with zero attached hydrogens (tertiary/aromatic N) is 2. The average molecular weight is 488 g/mol. The number of fused-ring (bicyclic) bond motifs is 2. The van der Waals surface area contributed by atoms with Gasteiger partial charge in [-0.25, -0.2) is 12.8 Å². The maximum Gasteiger partial charge on any atom is 0.265 e. The van der Waals surface area contributed by atoms with E-state index in [4.69, 9.17) is 10.5 Å². The zero-order valence-corrected chi connectivity index (χ0v) is 19.7. The van der Waals surface area contributed by atoms with Gasteiger partial charge in [0, 0.05) is 5.56 Å². The number of benzene rings is 3. The second-order valence-electron chi connectivity index (χ2n) is 8.37. The van der Waals surface area contributed by atoms with Gasteiger partial charge in [-0.3, -0.25) is 4.31 Å². The van der Waals surface area contributed by atoms with Crippen molar-refractivity contribution in [2.24, 2.45) is 5.73 Å². The number of hydrogen-bond acceptors (Lipinski definition) is 5. The van der Waals surface area contributed by atoms with Crippen molar-refractivity contribution >= 4 is 21.5 Å². The van der Waals surface area contributed by atoms with Crippen molar-refractivity contribution in [1.29, 1.82) is 5.26 Å². The maximum atomic E-state index is 14.2. The molecule has 0 fully saturated rings. The van der Waals surface area contributed by atoms with E-state index in [9.17, 15) is 18.1 Å². The summed E-state index contributed by atoms with van der Waals surface area (Å²) in [6, 6.07) is 22.2. The lowest BCUT2D eigenvalue weighted by Crippen LogP contribution is -2.39. The molecule has 2 heterocycles. The fraction of sp³-hybridized carbons (Fsp3) is 0.148. The monoisotopic (exact) mass is 487 g/mol. The van der Waals surface area contributed by atoms with Crippen LogP contribution in [0.4, 0.5) is 10.1 Å². The topological polar surface area (TPSA) is 96.4 Å². The highest BCUT2D eigenvalue weighted by Gasteiger charge is 2.47. The molecule has 2 N–H and O–H groups in total. The van der Waals surface area contributed by atoms with Crippen molar-refractivity contribution in [3.8, 4) is 6.07 Å². The summed E-state index contributed by atoms with van der Waals surface area (Å²) in [5.74, 6) is -1.33. The molecule has 1 unspecified atom stereocenters. The summed E-state index contributed by atoms with van der Waals surface area (Å²) in [6.07, 6.45) is 0.822. The molecule has 0 radical (unpaired) electrons. The first-order valence-electron chi connectivity index (χ1n) is 11.1. The summed E-state index contributed by atoms with van der Waals surface area (Å²) in [5, 5.41) is 9.94. The Hall–Kier alpha value is -4.09. The summed E-state index contributed by atoms with van der Waals surface area (Å²) in [6.45, 7) is 2.01. The van der Waals surface area contributed by atoms with Crippen molar-refractivity contribution in [2.75, 3.05) is 4.31 Å². The second kappa shape index (κ2) is 8.60. The average Bonchev–Trinajstić information content (AvgIpc) is 2.87. The summed E-state index contributed by atoms with van der Waals surface area (Å²) in [4.78, 5) is -0.0340. The van der Waals surface area contributed by atoms with E-state index in [1.165, 1.54) is 16.4 Å². The number of nitriles is 1. The third-order valence-electron chi connectivity index (χ3n) is 6.32. The van der Waals surface area contributed by atoms with E-state index < -0.39 is 21.8 Å². The number of halogens is 1. The molecule has 5 rings (SSSR count). The van der Waals surface area contributed by atoms with Crippen LogP contribution >= 0.6 is 0 Å². The molecule has 35 heavy (non-hydrogen) atoms. The van der Waals surface area contributed by atoms with Crippen molar-refractivity contribution in [3.63, 3.8) is 0 Å². The van der Waals surface area contributed by atoms with Crippen LogP contribution in [0, 0.1) is 17.1 Å². The van der Waals surface area contributed by atoms with Gasteiger partial charge in [0.05, 0.1) is 18.2 Å². The molecule has 6 nitrogen and oxygen atoms in total. The Balaban J connectivity index is 1.73. The van der Waals surface area contributed by atoms with Crippen LogP contribution in [0.1, 0.15) is 35.1 Å². The number of nitrogens with two attached hydrogens (primary N) is 1. The Labute approximate surface area is 203 Å². The Morgan fingerprint density at radius 3 is 2.34 bits per heavy atom. The minimum absolute atomic E-state index is 0.0149. The molecule has 0 aromatic heterocycles. The number of ether oxygens (including phenoxy) is 1. The molecule has 0 amide bonds. The van der Waals surface area contributed by atoms with E-state index >= 15 is 0 Å². The number of hydrogen-bond donors (Lipinski definition) is 1. The smallest absolute Gasteiger partial charge is 0.265 e. The first-order chi connectivity index (χ1) is 16.8. The fourth-order valence-electron chi connectivity index (χ4n) is 4.51. The molecule has 0 bridgehead atoms. The van der Waals surface area contributed by atoms with E-state index in [0.717, 1.165) is 12.0 Å². The van der Waals surface area contributed by atoms with Gasteiger partial charge in [0.15, 0.2) is 5.76 Å². The number of para-hydroxylation sites is 1. The maximum absolute atomic E-state index is 14.2. The van der Waals surface area contributed by atoms with Crippen LogP contribution in [0.15, 0.2) is 89.2 Å². The highest BCUT2D eigenvalue weighted by molar-refractivity contribution is 7.96. The number of sulfonamides is 1. The molecule has 0 aliphatic carbocycles. The minimum atomic E-state index is -4.17. The third kappa shape index (κ3) is 3.74. The van der Waals surface area contributed by atoms with Crippen LogP contribution in [0.3, 0.4) is 0 Å². The van der Waals surface area contributed by atoms with E-state index in [-0.39, 0.29) is 28.7 Å². The summed E-state index contributed by atoms with van der Waals surface area (Å²) < 4.78 is 49.0. The van der Waals surface area contributed by atoms with Gasteiger partial charge in [-0.1, -0.05) is 55.5 Å². The highest BCUT2D eigenvalue weighted by atomic mass is 32.2. The van der Waals surface area contributed by atoms with Crippen LogP contribution < -0.4 is 10.0 Å². The predicted molar refractivity (Wildman–Crippen MR) is 131 cm³/mol. The van der Waals surface area contributed by atoms with Crippen molar-refractivity contribution in [2.45, 2.75) is 25.8 Å². The van der Waals surface area contributed by atoms with Gasteiger partial charge in [0.1, 0.15) is 22.4 Å². The predicted octanol–water partition coefficient (Wildman–Crippen LogP) is 4.91. The molecule has 3 aromatic carbocycles. The molecule has 176 valence electrons. The van der Waals surface area contributed by atoms with Crippen LogP contribution in [0.2, 0.25) is 0 Å². The zero-order chi connectivity index (χ0) is 24.7. The van der Waals surface area contributed by atoms with Gasteiger partial charge >= 0.3 is 0 Å². The van der Waals surface area contributed by atoms with Crippen molar-refractivity contribution in [1.82, 2.24) is 0 Å². The van der Waals surface area contributed by atoms with Gasteiger partial charge in [-0.15, -0.1) is 0 Å². The number of aryl methyl sites for hydroxylation is 1. The van der Waals surface area contributed by atoms with E-state index in [1.54, 1.807) is 36.4 Å². The van der Waals surface area contributed by atoms with E-state index in [1.807, 2.05) is 31.2 Å². The van der Waals surface area contributed by atoms with Crippen LogP contribution in [0.25, 0.3) is 5.76 Å². The highest BCUT2D eigenvalue weighted by Crippen LogP contribution is 2.51. The van der Waals surface area contributed by atoms with Crippen molar-refractivity contribution < 1.29 is 17.5 Å². The van der Waals surface area contributed by atoms with E-state index in [0.29, 0.717) is 22.4 Å². The van der Waals surface area contributed by atoms with Crippen LogP contribution in [0.5, 0.6) is 0 Å². The SMILES string of the molecule is CCc1ccc(C2C(C#N)=C(N)OC3=C2S(=O)(=O)N(Cc2ccc(F)cc2)c2ccccc23)cc1. The molecule has 0 saturated carbocycles. The molecule has 2 aliphatic rings. The first-order valence-corrected chi connectivity index (χ1v) is 12.6. The summed E-state index contributed by atoms with van der Waals surface area (Å²) >= 11 is 0. The Kier molecular flexibility index (Phi) is 5.58. The Morgan fingerprint density at radius 1 is 1.03 bits per heavy atom. The zero-order valence-electron chi connectivity index (χ0n) is 18.9. The lowest BCUT2D eigenvalue weighted by Gasteiger charge is -2.38. The molecule has 0 saturated heterocycles. The molecular weight excluding hydrogens is 465 g/mol. The number of rotatable bonds is 4. The molecule has 8 heteroatoms. The van der Waals surface area contributed by atoms with Crippen LogP contribution in [-0.2, 0) is 27.7 Å². The normalized spacial score (nSPS) is 18.4. The molecule has 0 spiro atoms. The third-order valence-corrected chi connectivity index (χ3v) is 8.20. The molecular formula is C27H22FN3O3S.